The van der Waals surface area contributed by atoms with Crippen molar-refractivity contribution in [2.45, 2.75) is 6.42 Å². The Labute approximate surface area is 127 Å². The van der Waals surface area contributed by atoms with Crippen LogP contribution in [-0.2, 0) is 6.42 Å². The third-order valence-corrected chi connectivity index (χ3v) is 3.52. The number of nitrogens with one attached hydrogen (secondary N) is 2. The normalized spacial score (nSPS) is 10.3. The van der Waals surface area contributed by atoms with Gasteiger partial charge in [0.2, 0.25) is 0 Å². The molecule has 0 radical (unpaired) electrons. The van der Waals surface area contributed by atoms with Crippen LogP contribution in [0, 0.1) is 0 Å². The number of amides is 1. The highest BCUT2D eigenvalue weighted by Crippen LogP contribution is 2.21. The molecule has 0 aliphatic rings. The van der Waals surface area contributed by atoms with E-state index in [-0.39, 0.29) is 11.1 Å². The van der Waals surface area contributed by atoms with Gasteiger partial charge in [-0.25, -0.2) is 0 Å². The lowest BCUT2D eigenvalue weighted by Gasteiger charge is -2.05. The second kappa shape index (κ2) is 6.68. The van der Waals surface area contributed by atoms with Crippen molar-refractivity contribution in [2.24, 2.45) is 0 Å². The second-order valence-electron chi connectivity index (χ2n) is 4.20. The van der Waals surface area contributed by atoms with E-state index >= 15 is 0 Å². The number of carbonyl (C=O) groups excluding carboxylic acids is 1. The minimum Gasteiger partial charge on any atom is -0.497 e. The van der Waals surface area contributed by atoms with Crippen LogP contribution in [0.5, 0.6) is 5.75 Å². The molecule has 0 spiro atoms. The van der Waals surface area contributed by atoms with Gasteiger partial charge in [0, 0.05) is 6.54 Å². The van der Waals surface area contributed by atoms with Crippen molar-refractivity contribution in [1.82, 2.24) is 10.3 Å². The molecule has 4 nitrogen and oxygen atoms in total. The van der Waals surface area contributed by atoms with Gasteiger partial charge in [0.15, 0.2) is 0 Å². The average molecular weight is 313 g/mol. The van der Waals surface area contributed by atoms with Gasteiger partial charge in [-0.3, -0.25) is 4.79 Å². The van der Waals surface area contributed by atoms with E-state index < -0.39 is 0 Å². The lowest BCUT2D eigenvalue weighted by molar-refractivity contribution is 0.0950. The van der Waals surface area contributed by atoms with E-state index in [1.54, 1.807) is 7.11 Å². The van der Waals surface area contributed by atoms with Gasteiger partial charge in [-0.05, 0) is 30.2 Å². The van der Waals surface area contributed by atoms with Crippen molar-refractivity contribution < 1.29 is 9.53 Å². The lowest BCUT2D eigenvalue weighted by Crippen LogP contribution is -2.25. The van der Waals surface area contributed by atoms with Crippen LogP contribution < -0.4 is 10.1 Å². The molecule has 1 aromatic carbocycles. The molecule has 0 atom stereocenters. The number of aromatic nitrogens is 1. The smallest absolute Gasteiger partial charge is 0.267 e. The maximum atomic E-state index is 11.8. The van der Waals surface area contributed by atoms with Gasteiger partial charge in [-0.2, -0.15) is 0 Å². The van der Waals surface area contributed by atoms with Gasteiger partial charge in [0.05, 0.1) is 12.1 Å². The number of H-pyrrole nitrogens is 1. The summed E-state index contributed by atoms with van der Waals surface area (Å²) in [4.78, 5) is 14.5. The summed E-state index contributed by atoms with van der Waals surface area (Å²) in [5, 5.41) is 3.41. The number of aromatic amines is 1. The average Bonchev–Trinajstić information content (AvgIpc) is 2.79. The Balaban J connectivity index is 1.84. The Kier molecular flexibility index (Phi) is 4.93. The zero-order valence-electron chi connectivity index (χ0n) is 10.9. The van der Waals surface area contributed by atoms with Crippen LogP contribution in [-0.4, -0.2) is 24.5 Å². The van der Waals surface area contributed by atoms with Gasteiger partial charge >= 0.3 is 0 Å². The summed E-state index contributed by atoms with van der Waals surface area (Å²) in [6.45, 7) is 0.527. The Morgan fingerprint density at radius 3 is 2.55 bits per heavy atom. The molecule has 0 aliphatic carbocycles. The van der Waals surface area contributed by atoms with Gasteiger partial charge in [0.25, 0.3) is 5.91 Å². The summed E-state index contributed by atoms with van der Waals surface area (Å²) in [6, 6.07) is 9.22. The van der Waals surface area contributed by atoms with Crippen molar-refractivity contribution in [1.29, 1.82) is 0 Å². The minimum absolute atomic E-state index is 0.229. The van der Waals surface area contributed by atoms with E-state index in [0.717, 1.165) is 17.7 Å². The first-order chi connectivity index (χ1) is 9.60. The van der Waals surface area contributed by atoms with Crippen molar-refractivity contribution >= 4 is 29.1 Å². The summed E-state index contributed by atoms with van der Waals surface area (Å²) < 4.78 is 5.08. The van der Waals surface area contributed by atoms with Crippen LogP contribution in [0.2, 0.25) is 10.2 Å². The first-order valence-electron chi connectivity index (χ1n) is 6.05. The SMILES string of the molecule is COc1ccc(CCNC(=O)c2cc(Cl)c(Cl)[nH]2)cc1. The fourth-order valence-corrected chi connectivity index (χ4v) is 2.05. The fourth-order valence-electron chi connectivity index (χ4n) is 1.73. The number of rotatable bonds is 5. The fraction of sp³-hybridized carbons (Fsp3) is 0.214. The molecule has 0 unspecified atom stereocenters. The topological polar surface area (TPSA) is 54.1 Å². The Hall–Kier alpha value is -1.65. The molecule has 0 saturated carbocycles. The zero-order valence-corrected chi connectivity index (χ0v) is 12.4. The highest BCUT2D eigenvalue weighted by Gasteiger charge is 2.10. The molecule has 0 aliphatic heterocycles. The van der Waals surface area contributed by atoms with Gasteiger partial charge < -0.3 is 15.0 Å². The first kappa shape index (κ1) is 14.8. The quantitative estimate of drug-likeness (QED) is 0.890. The summed E-state index contributed by atoms with van der Waals surface area (Å²) in [5.41, 5.74) is 1.48. The summed E-state index contributed by atoms with van der Waals surface area (Å²) >= 11 is 11.5. The van der Waals surface area contributed by atoms with Gasteiger partial charge in [0.1, 0.15) is 16.6 Å². The molecular weight excluding hydrogens is 299 g/mol. The number of halogens is 2. The predicted molar refractivity (Wildman–Crippen MR) is 79.8 cm³/mol. The third-order valence-electron chi connectivity index (χ3n) is 2.83. The number of benzene rings is 1. The summed E-state index contributed by atoms with van der Waals surface area (Å²) in [5.74, 6) is 0.584. The molecular formula is C14H14Cl2N2O2. The van der Waals surface area contributed by atoms with E-state index in [4.69, 9.17) is 27.9 Å². The van der Waals surface area contributed by atoms with Gasteiger partial charge in [-0.1, -0.05) is 35.3 Å². The molecule has 1 aromatic heterocycles. The molecule has 2 aromatic rings. The number of carbonyl (C=O) groups is 1. The second-order valence-corrected chi connectivity index (χ2v) is 4.98. The molecule has 2 N–H and O–H groups in total. The molecule has 1 amide bonds. The van der Waals surface area contributed by atoms with Crippen LogP contribution in [0.25, 0.3) is 0 Å². The Bertz CT molecular complexity index is 574. The van der Waals surface area contributed by atoms with Crippen molar-refractivity contribution in [2.75, 3.05) is 13.7 Å². The molecule has 0 bridgehead atoms. The first-order valence-corrected chi connectivity index (χ1v) is 6.81. The lowest BCUT2D eigenvalue weighted by atomic mass is 10.1. The third kappa shape index (κ3) is 3.68. The monoisotopic (exact) mass is 312 g/mol. The highest BCUT2D eigenvalue weighted by atomic mass is 35.5. The van der Waals surface area contributed by atoms with Crippen LogP contribution in [0.1, 0.15) is 16.1 Å². The largest absolute Gasteiger partial charge is 0.497 e. The number of hydrogen-bond acceptors (Lipinski definition) is 2. The molecule has 0 saturated heterocycles. The Morgan fingerprint density at radius 1 is 1.30 bits per heavy atom. The molecule has 2 rings (SSSR count). The maximum Gasteiger partial charge on any atom is 0.267 e. The van der Waals surface area contributed by atoms with Gasteiger partial charge in [-0.15, -0.1) is 0 Å². The number of hydrogen-bond donors (Lipinski definition) is 2. The maximum absolute atomic E-state index is 11.8. The van der Waals surface area contributed by atoms with E-state index in [1.807, 2.05) is 24.3 Å². The van der Waals surface area contributed by atoms with E-state index in [1.165, 1.54) is 6.07 Å². The molecule has 1 heterocycles. The van der Waals surface area contributed by atoms with Crippen molar-refractivity contribution in [3.8, 4) is 5.75 Å². The highest BCUT2D eigenvalue weighted by molar-refractivity contribution is 6.41. The standard InChI is InChI=1S/C14H14Cl2N2O2/c1-20-10-4-2-9(3-5-10)6-7-17-14(19)12-8-11(15)13(16)18-12/h2-5,8,18H,6-7H2,1H3,(H,17,19). The Morgan fingerprint density at radius 2 is 2.00 bits per heavy atom. The summed E-state index contributed by atoms with van der Waals surface area (Å²) in [7, 11) is 1.63. The van der Waals surface area contributed by atoms with Crippen molar-refractivity contribution in [3.63, 3.8) is 0 Å². The number of ether oxygens (including phenoxy) is 1. The minimum atomic E-state index is -0.229. The molecule has 6 heteroatoms. The molecule has 20 heavy (non-hydrogen) atoms. The van der Waals surface area contributed by atoms with Crippen LogP contribution in [0.15, 0.2) is 30.3 Å². The zero-order chi connectivity index (χ0) is 14.5. The van der Waals surface area contributed by atoms with E-state index in [9.17, 15) is 4.79 Å². The van der Waals surface area contributed by atoms with Crippen LogP contribution in [0.4, 0.5) is 0 Å². The van der Waals surface area contributed by atoms with E-state index in [0.29, 0.717) is 17.3 Å². The van der Waals surface area contributed by atoms with Crippen molar-refractivity contribution in [3.05, 3.63) is 51.8 Å². The molecule has 0 fully saturated rings. The summed E-state index contributed by atoms with van der Waals surface area (Å²) in [6.07, 6.45) is 0.734. The van der Waals surface area contributed by atoms with Crippen LogP contribution >= 0.6 is 23.2 Å². The van der Waals surface area contributed by atoms with E-state index in [2.05, 4.69) is 10.3 Å². The van der Waals surface area contributed by atoms with Crippen LogP contribution in [0.3, 0.4) is 0 Å². The number of methoxy groups -OCH3 is 1. The molecule has 106 valence electrons. The predicted octanol–water partition coefficient (Wildman–Crippen LogP) is 3.30.